The normalized spacial score (nSPS) is 10.2. The van der Waals surface area contributed by atoms with E-state index in [1.807, 2.05) is 0 Å². The molecule has 0 aliphatic carbocycles. The lowest BCUT2D eigenvalue weighted by Crippen LogP contribution is -2.20. The zero-order chi connectivity index (χ0) is 13.8. The van der Waals surface area contributed by atoms with Gasteiger partial charge in [-0.2, -0.15) is 0 Å². The highest BCUT2D eigenvalue weighted by atomic mass is 19.1. The molecule has 1 aromatic carbocycles. The maximum Gasteiger partial charge on any atom is 0.339 e. The average molecular weight is 260 g/mol. The summed E-state index contributed by atoms with van der Waals surface area (Å²) in [6, 6.07) is 8.02. The summed E-state index contributed by atoms with van der Waals surface area (Å²) in [5, 5.41) is 9.09. The lowest BCUT2D eigenvalue weighted by atomic mass is 10.1. The third-order valence-electron chi connectivity index (χ3n) is 2.81. The van der Waals surface area contributed by atoms with Crippen LogP contribution in [0.2, 0.25) is 0 Å². The minimum absolute atomic E-state index is 0.0985. The summed E-state index contributed by atoms with van der Waals surface area (Å²) in [5.74, 6) is -1.36. The molecule has 0 unspecified atom stereocenters. The highest BCUT2D eigenvalue weighted by Gasteiger charge is 2.14. The highest BCUT2D eigenvalue weighted by molar-refractivity contribution is 5.93. The van der Waals surface area contributed by atoms with Crippen LogP contribution in [-0.4, -0.2) is 23.1 Å². The van der Waals surface area contributed by atoms with Crippen molar-refractivity contribution in [2.45, 2.75) is 6.54 Å². The molecule has 0 saturated heterocycles. The lowest BCUT2D eigenvalue weighted by molar-refractivity contribution is 0.0697. The number of aromatic nitrogens is 1. The summed E-state index contributed by atoms with van der Waals surface area (Å²) in [6.45, 7) is 0.289. The van der Waals surface area contributed by atoms with E-state index in [-0.39, 0.29) is 17.9 Å². The van der Waals surface area contributed by atoms with Crippen LogP contribution in [0.1, 0.15) is 15.9 Å². The van der Waals surface area contributed by atoms with Gasteiger partial charge in [0, 0.05) is 31.5 Å². The van der Waals surface area contributed by atoms with Crippen molar-refractivity contribution in [3.8, 4) is 0 Å². The van der Waals surface area contributed by atoms with E-state index in [1.54, 1.807) is 36.2 Å². The Kier molecular flexibility index (Phi) is 3.75. The molecular weight excluding hydrogens is 247 g/mol. The minimum atomic E-state index is -1.05. The largest absolute Gasteiger partial charge is 0.478 e. The van der Waals surface area contributed by atoms with Crippen LogP contribution in [0.15, 0.2) is 42.7 Å². The molecule has 98 valence electrons. The van der Waals surface area contributed by atoms with Gasteiger partial charge in [0.15, 0.2) is 0 Å². The van der Waals surface area contributed by atoms with Crippen molar-refractivity contribution >= 4 is 11.7 Å². The van der Waals surface area contributed by atoms with Crippen molar-refractivity contribution < 1.29 is 14.3 Å². The van der Waals surface area contributed by atoms with Gasteiger partial charge in [-0.25, -0.2) is 9.18 Å². The number of hydrogen-bond acceptors (Lipinski definition) is 3. The third kappa shape index (κ3) is 2.88. The predicted molar refractivity (Wildman–Crippen MR) is 69.7 cm³/mol. The van der Waals surface area contributed by atoms with Crippen molar-refractivity contribution in [2.75, 3.05) is 11.9 Å². The Morgan fingerprint density at radius 2 is 2.11 bits per heavy atom. The first-order valence-electron chi connectivity index (χ1n) is 5.71. The summed E-state index contributed by atoms with van der Waals surface area (Å²) in [6.07, 6.45) is 2.80. The van der Waals surface area contributed by atoms with Crippen LogP contribution in [0.25, 0.3) is 0 Å². The van der Waals surface area contributed by atoms with Crippen LogP contribution >= 0.6 is 0 Å². The topological polar surface area (TPSA) is 53.4 Å². The number of pyridine rings is 1. The van der Waals surface area contributed by atoms with Crippen LogP contribution < -0.4 is 4.90 Å². The number of anilines is 1. The van der Waals surface area contributed by atoms with E-state index in [0.29, 0.717) is 11.3 Å². The Labute approximate surface area is 110 Å². The van der Waals surface area contributed by atoms with Crippen LogP contribution in [-0.2, 0) is 6.54 Å². The predicted octanol–water partition coefficient (Wildman–Crippen LogP) is 2.56. The molecule has 5 heteroatoms. The zero-order valence-corrected chi connectivity index (χ0v) is 10.4. The van der Waals surface area contributed by atoms with Crippen LogP contribution in [0, 0.1) is 5.82 Å². The maximum atomic E-state index is 13.6. The molecule has 2 rings (SSSR count). The summed E-state index contributed by atoms with van der Waals surface area (Å²) < 4.78 is 13.6. The van der Waals surface area contributed by atoms with Crippen molar-refractivity contribution in [2.24, 2.45) is 0 Å². The second kappa shape index (κ2) is 5.48. The number of hydrogen-bond donors (Lipinski definition) is 1. The van der Waals surface area contributed by atoms with E-state index in [4.69, 9.17) is 5.11 Å². The van der Waals surface area contributed by atoms with E-state index in [1.165, 1.54) is 18.5 Å². The second-order valence-corrected chi connectivity index (χ2v) is 4.15. The smallest absolute Gasteiger partial charge is 0.339 e. The Bertz CT molecular complexity index is 602. The van der Waals surface area contributed by atoms with Gasteiger partial charge in [0.1, 0.15) is 11.4 Å². The summed E-state index contributed by atoms with van der Waals surface area (Å²) in [4.78, 5) is 16.6. The fourth-order valence-electron chi connectivity index (χ4n) is 1.85. The highest BCUT2D eigenvalue weighted by Crippen LogP contribution is 2.20. The van der Waals surface area contributed by atoms with Crippen LogP contribution in [0.5, 0.6) is 0 Å². The van der Waals surface area contributed by atoms with E-state index in [2.05, 4.69) is 4.98 Å². The molecule has 0 fully saturated rings. The fraction of sp³-hybridized carbons (Fsp3) is 0.143. The van der Waals surface area contributed by atoms with Gasteiger partial charge in [-0.05, 0) is 12.1 Å². The number of carbonyl (C=O) groups is 1. The number of carboxylic acids is 1. The number of nitrogens with zero attached hydrogens (tertiary/aromatic N) is 2. The van der Waals surface area contributed by atoms with E-state index >= 15 is 0 Å². The molecule has 1 heterocycles. The van der Waals surface area contributed by atoms with Crippen LogP contribution in [0.3, 0.4) is 0 Å². The molecule has 2 aromatic rings. The molecule has 0 saturated carbocycles. The van der Waals surface area contributed by atoms with Gasteiger partial charge in [0.25, 0.3) is 0 Å². The monoisotopic (exact) mass is 260 g/mol. The molecule has 19 heavy (non-hydrogen) atoms. The molecular formula is C14H13FN2O2. The summed E-state index contributed by atoms with van der Waals surface area (Å²) in [7, 11) is 1.72. The van der Waals surface area contributed by atoms with E-state index < -0.39 is 5.97 Å². The summed E-state index contributed by atoms with van der Waals surface area (Å²) >= 11 is 0. The van der Waals surface area contributed by atoms with Crippen molar-refractivity contribution in [3.63, 3.8) is 0 Å². The van der Waals surface area contributed by atoms with Gasteiger partial charge >= 0.3 is 5.97 Å². The fourth-order valence-corrected chi connectivity index (χ4v) is 1.85. The number of rotatable bonds is 4. The molecule has 1 N–H and O–H groups in total. The second-order valence-electron chi connectivity index (χ2n) is 4.15. The number of aromatic carboxylic acids is 1. The van der Waals surface area contributed by atoms with Crippen LogP contribution in [0.4, 0.5) is 10.1 Å². The molecule has 0 bridgehead atoms. The van der Waals surface area contributed by atoms with Gasteiger partial charge in [-0.1, -0.05) is 18.2 Å². The molecule has 0 aliphatic heterocycles. The zero-order valence-electron chi connectivity index (χ0n) is 10.4. The van der Waals surface area contributed by atoms with E-state index in [9.17, 15) is 9.18 Å². The van der Waals surface area contributed by atoms with Crippen molar-refractivity contribution in [1.82, 2.24) is 4.98 Å². The van der Waals surface area contributed by atoms with E-state index in [0.717, 1.165) is 0 Å². The quantitative estimate of drug-likeness (QED) is 0.917. The molecule has 0 radical (unpaired) electrons. The first-order valence-corrected chi connectivity index (χ1v) is 5.71. The van der Waals surface area contributed by atoms with Gasteiger partial charge in [-0.15, -0.1) is 0 Å². The molecule has 4 nitrogen and oxygen atoms in total. The summed E-state index contributed by atoms with van der Waals surface area (Å²) in [5.41, 5.74) is 1.12. The maximum absolute atomic E-state index is 13.6. The molecule has 0 atom stereocenters. The Morgan fingerprint density at radius 1 is 1.37 bits per heavy atom. The standard InChI is InChI=1S/C14H13FN2O2/c1-17(9-10-4-2-3-5-12(10)15)13-6-7-16-8-11(13)14(18)19/h2-8H,9H2,1H3,(H,18,19). The number of carboxylic acid groups (broad SMARTS) is 1. The third-order valence-corrected chi connectivity index (χ3v) is 2.81. The van der Waals surface area contributed by atoms with Crippen molar-refractivity contribution in [1.29, 1.82) is 0 Å². The Balaban J connectivity index is 2.28. The first-order chi connectivity index (χ1) is 9.09. The Hall–Kier alpha value is -2.43. The SMILES string of the molecule is CN(Cc1ccccc1F)c1ccncc1C(=O)O. The lowest BCUT2D eigenvalue weighted by Gasteiger charge is -2.21. The van der Waals surface area contributed by atoms with Gasteiger partial charge in [-0.3, -0.25) is 4.98 Å². The average Bonchev–Trinajstić information content (AvgIpc) is 2.41. The van der Waals surface area contributed by atoms with Gasteiger partial charge in [0.05, 0.1) is 5.69 Å². The number of benzene rings is 1. The Morgan fingerprint density at radius 3 is 2.79 bits per heavy atom. The van der Waals surface area contributed by atoms with Crippen molar-refractivity contribution in [3.05, 3.63) is 59.7 Å². The van der Waals surface area contributed by atoms with Gasteiger partial charge in [0.2, 0.25) is 0 Å². The molecule has 0 amide bonds. The molecule has 0 spiro atoms. The minimum Gasteiger partial charge on any atom is -0.478 e. The first kappa shape index (κ1) is 13.0. The van der Waals surface area contributed by atoms with Gasteiger partial charge < -0.3 is 10.0 Å². The molecule has 1 aromatic heterocycles. The number of halogens is 1. The molecule has 0 aliphatic rings.